The van der Waals surface area contributed by atoms with Gasteiger partial charge in [0.1, 0.15) is 12.4 Å². The number of piperidine rings is 1. The lowest BCUT2D eigenvalue weighted by molar-refractivity contribution is -0.146. The Labute approximate surface area is 166 Å². The Balaban J connectivity index is 1.58. The second-order valence-corrected chi connectivity index (χ2v) is 8.23. The topological polar surface area (TPSA) is 73.3 Å². The molecule has 2 aliphatic rings. The standard InChI is InChI=1S/C21H31N3O4/c1-22(2)11-12-28-17-6-4-5-16(13-17)15-24-9-7-21(8-10-24)18(20(26)27)14-19(25)23(21)3/h4-6,13,18H,7-12,14-15H2,1-3H3,(H,26,27). The van der Waals surface area contributed by atoms with Crippen molar-refractivity contribution in [3.63, 3.8) is 0 Å². The number of benzene rings is 1. The van der Waals surface area contributed by atoms with E-state index in [2.05, 4.69) is 21.9 Å². The van der Waals surface area contributed by atoms with E-state index in [1.807, 2.05) is 26.2 Å². The van der Waals surface area contributed by atoms with Gasteiger partial charge in [-0.05, 0) is 44.6 Å². The number of rotatable bonds is 7. The van der Waals surface area contributed by atoms with Gasteiger partial charge in [0.15, 0.2) is 0 Å². The van der Waals surface area contributed by atoms with Crippen LogP contribution in [-0.2, 0) is 16.1 Å². The molecule has 0 aliphatic carbocycles. The molecule has 1 N–H and O–H groups in total. The molecule has 154 valence electrons. The first kappa shape index (κ1) is 20.6. The predicted molar refractivity (Wildman–Crippen MR) is 106 cm³/mol. The molecule has 1 aromatic carbocycles. The van der Waals surface area contributed by atoms with Gasteiger partial charge in [0, 0.05) is 39.6 Å². The van der Waals surface area contributed by atoms with E-state index in [4.69, 9.17) is 4.74 Å². The predicted octanol–water partition coefficient (Wildman–Crippen LogP) is 1.52. The number of carbonyl (C=O) groups excluding carboxylic acids is 1. The number of likely N-dealkylation sites (N-methyl/N-ethyl adjacent to an activating group) is 1. The first-order chi connectivity index (χ1) is 13.3. The van der Waals surface area contributed by atoms with E-state index < -0.39 is 17.4 Å². The first-order valence-electron chi connectivity index (χ1n) is 9.90. The summed E-state index contributed by atoms with van der Waals surface area (Å²) in [7, 11) is 5.80. The number of likely N-dealkylation sites (tertiary alicyclic amines) is 2. The van der Waals surface area contributed by atoms with Crippen LogP contribution in [0.1, 0.15) is 24.8 Å². The Morgan fingerprint density at radius 3 is 2.68 bits per heavy atom. The monoisotopic (exact) mass is 389 g/mol. The van der Waals surface area contributed by atoms with E-state index >= 15 is 0 Å². The zero-order chi connectivity index (χ0) is 20.3. The van der Waals surface area contributed by atoms with Crippen molar-refractivity contribution in [3.8, 4) is 5.75 Å². The minimum Gasteiger partial charge on any atom is -0.492 e. The first-order valence-corrected chi connectivity index (χ1v) is 9.90. The smallest absolute Gasteiger partial charge is 0.309 e. The van der Waals surface area contributed by atoms with Crippen LogP contribution in [0, 0.1) is 5.92 Å². The number of carboxylic acid groups (broad SMARTS) is 1. The van der Waals surface area contributed by atoms with Crippen LogP contribution < -0.4 is 4.74 Å². The minimum absolute atomic E-state index is 0.0524. The summed E-state index contributed by atoms with van der Waals surface area (Å²) in [5.41, 5.74) is 0.653. The minimum atomic E-state index is -0.853. The Morgan fingerprint density at radius 2 is 2.04 bits per heavy atom. The lowest BCUT2D eigenvalue weighted by atomic mass is 9.77. The lowest BCUT2D eigenvalue weighted by Gasteiger charge is -2.45. The average molecular weight is 389 g/mol. The van der Waals surface area contributed by atoms with Crippen LogP contribution in [0.3, 0.4) is 0 Å². The fourth-order valence-electron chi connectivity index (χ4n) is 4.42. The molecule has 1 atom stereocenters. The maximum atomic E-state index is 12.1. The second kappa shape index (κ2) is 8.49. The van der Waals surface area contributed by atoms with Crippen LogP contribution in [0.15, 0.2) is 24.3 Å². The summed E-state index contributed by atoms with van der Waals surface area (Å²) in [6, 6.07) is 8.15. The SMILES string of the molecule is CN(C)CCOc1cccc(CN2CCC3(CC2)C(C(=O)O)CC(=O)N3C)c1. The molecule has 7 nitrogen and oxygen atoms in total. The van der Waals surface area contributed by atoms with Crippen molar-refractivity contribution in [1.82, 2.24) is 14.7 Å². The molecule has 0 aromatic heterocycles. The number of hydrogen-bond donors (Lipinski definition) is 1. The van der Waals surface area contributed by atoms with Crippen molar-refractivity contribution in [2.45, 2.75) is 31.3 Å². The van der Waals surface area contributed by atoms with Crippen molar-refractivity contribution < 1.29 is 19.4 Å². The fraction of sp³-hybridized carbons (Fsp3) is 0.619. The molecule has 1 amide bonds. The Hall–Kier alpha value is -2.12. The van der Waals surface area contributed by atoms with Gasteiger partial charge in [0.2, 0.25) is 5.91 Å². The van der Waals surface area contributed by atoms with Crippen molar-refractivity contribution in [1.29, 1.82) is 0 Å². The molecule has 1 spiro atoms. The highest BCUT2D eigenvalue weighted by molar-refractivity contribution is 5.88. The number of carboxylic acids is 1. The molecular weight excluding hydrogens is 358 g/mol. The van der Waals surface area contributed by atoms with Crippen LogP contribution in [0.4, 0.5) is 0 Å². The van der Waals surface area contributed by atoms with Crippen molar-refractivity contribution >= 4 is 11.9 Å². The number of carbonyl (C=O) groups is 2. The Morgan fingerprint density at radius 1 is 1.32 bits per heavy atom. The molecular formula is C21H31N3O4. The highest BCUT2D eigenvalue weighted by atomic mass is 16.5. The molecule has 1 aromatic rings. The molecule has 3 rings (SSSR count). The molecule has 28 heavy (non-hydrogen) atoms. The third-order valence-corrected chi connectivity index (χ3v) is 6.20. The van der Waals surface area contributed by atoms with Crippen molar-refractivity contribution in [2.75, 3.05) is 47.4 Å². The van der Waals surface area contributed by atoms with Crippen molar-refractivity contribution in [2.24, 2.45) is 5.92 Å². The van der Waals surface area contributed by atoms with Crippen LogP contribution in [-0.4, -0.2) is 84.6 Å². The van der Waals surface area contributed by atoms with Gasteiger partial charge in [0.05, 0.1) is 11.5 Å². The summed E-state index contributed by atoms with van der Waals surface area (Å²) in [5.74, 6) is -0.627. The summed E-state index contributed by atoms with van der Waals surface area (Å²) >= 11 is 0. The maximum Gasteiger partial charge on any atom is 0.309 e. The quantitative estimate of drug-likeness (QED) is 0.762. The summed E-state index contributed by atoms with van der Waals surface area (Å²) in [6.45, 7) is 3.89. The summed E-state index contributed by atoms with van der Waals surface area (Å²) < 4.78 is 5.82. The molecule has 0 saturated carbocycles. The Kier molecular flexibility index (Phi) is 6.25. The normalized spacial score (nSPS) is 22.2. The van der Waals surface area contributed by atoms with E-state index in [1.165, 1.54) is 5.56 Å². The van der Waals surface area contributed by atoms with Crippen molar-refractivity contribution in [3.05, 3.63) is 29.8 Å². The van der Waals surface area contributed by atoms with E-state index in [0.29, 0.717) is 19.4 Å². The van der Waals surface area contributed by atoms with Crippen LogP contribution >= 0.6 is 0 Å². The zero-order valence-electron chi connectivity index (χ0n) is 17.1. The van der Waals surface area contributed by atoms with Crippen LogP contribution in [0.25, 0.3) is 0 Å². The van der Waals surface area contributed by atoms with Crippen LogP contribution in [0.2, 0.25) is 0 Å². The number of ether oxygens (including phenoxy) is 1. The Bertz CT molecular complexity index is 713. The highest BCUT2D eigenvalue weighted by Crippen LogP contribution is 2.43. The molecule has 2 aliphatic heterocycles. The van der Waals surface area contributed by atoms with E-state index in [0.717, 1.165) is 31.9 Å². The molecule has 0 bridgehead atoms. The molecule has 7 heteroatoms. The van der Waals surface area contributed by atoms with Gasteiger partial charge in [-0.1, -0.05) is 12.1 Å². The number of amides is 1. The largest absolute Gasteiger partial charge is 0.492 e. The summed E-state index contributed by atoms with van der Waals surface area (Å²) in [5, 5.41) is 9.59. The van der Waals surface area contributed by atoms with Gasteiger partial charge in [-0.3, -0.25) is 14.5 Å². The van der Waals surface area contributed by atoms with Gasteiger partial charge < -0.3 is 19.6 Å². The number of hydrogen-bond acceptors (Lipinski definition) is 5. The van der Waals surface area contributed by atoms with Gasteiger partial charge in [-0.15, -0.1) is 0 Å². The van der Waals surface area contributed by atoms with Gasteiger partial charge in [-0.25, -0.2) is 0 Å². The summed E-state index contributed by atoms with van der Waals surface area (Å²) in [6.07, 6.45) is 1.52. The van der Waals surface area contributed by atoms with E-state index in [-0.39, 0.29) is 12.3 Å². The van der Waals surface area contributed by atoms with Gasteiger partial charge in [-0.2, -0.15) is 0 Å². The fourth-order valence-corrected chi connectivity index (χ4v) is 4.42. The van der Waals surface area contributed by atoms with Gasteiger partial charge >= 0.3 is 5.97 Å². The molecule has 2 heterocycles. The molecule has 2 saturated heterocycles. The highest BCUT2D eigenvalue weighted by Gasteiger charge is 2.55. The summed E-state index contributed by atoms with van der Waals surface area (Å²) in [4.78, 5) is 29.9. The third kappa shape index (κ3) is 4.31. The van der Waals surface area contributed by atoms with Gasteiger partial charge in [0.25, 0.3) is 0 Å². The molecule has 1 unspecified atom stereocenters. The molecule has 2 fully saturated rings. The number of aliphatic carboxylic acids is 1. The second-order valence-electron chi connectivity index (χ2n) is 8.23. The van der Waals surface area contributed by atoms with E-state index in [9.17, 15) is 14.7 Å². The average Bonchev–Trinajstić information content (AvgIpc) is 2.89. The third-order valence-electron chi connectivity index (χ3n) is 6.20. The van der Waals surface area contributed by atoms with Crippen LogP contribution in [0.5, 0.6) is 5.75 Å². The maximum absolute atomic E-state index is 12.1. The molecule has 0 radical (unpaired) electrons. The lowest BCUT2D eigenvalue weighted by Crippen LogP contribution is -2.55. The zero-order valence-corrected chi connectivity index (χ0v) is 17.1. The van der Waals surface area contributed by atoms with E-state index in [1.54, 1.807) is 11.9 Å². The number of nitrogens with zero attached hydrogens (tertiary/aromatic N) is 3.